The van der Waals surface area contributed by atoms with Crippen molar-refractivity contribution in [1.29, 1.82) is 5.26 Å². The molecule has 0 radical (unpaired) electrons. The van der Waals surface area contributed by atoms with Gasteiger partial charge >= 0.3 is 0 Å². The summed E-state index contributed by atoms with van der Waals surface area (Å²) in [5.41, 5.74) is 0.838. The Morgan fingerprint density at radius 3 is 2.47 bits per heavy atom. The zero-order chi connectivity index (χ0) is 14.3. The molecule has 4 heteroatoms. The summed E-state index contributed by atoms with van der Waals surface area (Å²) < 4.78 is 5.54. The van der Waals surface area contributed by atoms with Gasteiger partial charge in [0, 0.05) is 13.0 Å². The Kier molecular flexibility index (Phi) is 5.87. The number of hydrogen-bond donors (Lipinski definition) is 1. The summed E-state index contributed by atoms with van der Waals surface area (Å²) in [4.78, 5) is 11.5. The van der Waals surface area contributed by atoms with Crippen LogP contribution >= 0.6 is 0 Å². The van der Waals surface area contributed by atoms with Crippen molar-refractivity contribution in [2.24, 2.45) is 0 Å². The molecule has 0 aliphatic rings. The predicted molar refractivity (Wildman–Crippen MR) is 73.9 cm³/mol. The number of ether oxygens (including phenoxy) is 1. The van der Waals surface area contributed by atoms with Gasteiger partial charge in [-0.1, -0.05) is 12.1 Å². The SMILES string of the molecule is CCNC(=O)CC(C#N)c1ccc(OC(C)C)cc1. The summed E-state index contributed by atoms with van der Waals surface area (Å²) >= 11 is 0. The van der Waals surface area contributed by atoms with Gasteiger partial charge in [0.25, 0.3) is 0 Å². The average molecular weight is 260 g/mol. The average Bonchev–Trinajstić information content (AvgIpc) is 2.37. The summed E-state index contributed by atoms with van der Waals surface area (Å²) in [5.74, 6) is 0.254. The highest BCUT2D eigenvalue weighted by Gasteiger charge is 2.15. The molecule has 0 heterocycles. The summed E-state index contributed by atoms with van der Waals surface area (Å²) in [5, 5.41) is 11.9. The highest BCUT2D eigenvalue weighted by molar-refractivity contribution is 5.77. The number of nitrogens with one attached hydrogen (secondary N) is 1. The molecule has 19 heavy (non-hydrogen) atoms. The molecule has 0 aliphatic carbocycles. The molecule has 1 unspecified atom stereocenters. The van der Waals surface area contributed by atoms with Crippen molar-refractivity contribution in [3.05, 3.63) is 29.8 Å². The molecule has 1 aromatic rings. The number of hydrogen-bond acceptors (Lipinski definition) is 3. The molecule has 0 saturated carbocycles. The summed E-state index contributed by atoms with van der Waals surface area (Å²) in [6.45, 7) is 6.36. The Morgan fingerprint density at radius 2 is 2.00 bits per heavy atom. The van der Waals surface area contributed by atoms with Gasteiger partial charge in [-0.15, -0.1) is 0 Å². The zero-order valence-corrected chi connectivity index (χ0v) is 11.6. The Labute approximate surface area is 114 Å². The second-order valence-corrected chi connectivity index (χ2v) is 4.57. The van der Waals surface area contributed by atoms with Crippen LogP contribution in [0.2, 0.25) is 0 Å². The Balaban J connectivity index is 2.72. The molecule has 4 nitrogen and oxygen atoms in total. The maximum absolute atomic E-state index is 11.5. The quantitative estimate of drug-likeness (QED) is 0.855. The van der Waals surface area contributed by atoms with Gasteiger partial charge in [-0.05, 0) is 38.5 Å². The third-order valence-electron chi connectivity index (χ3n) is 2.57. The molecule has 1 atom stereocenters. The third kappa shape index (κ3) is 5.01. The topological polar surface area (TPSA) is 62.1 Å². The smallest absolute Gasteiger partial charge is 0.221 e. The van der Waals surface area contributed by atoms with Crippen LogP contribution in [-0.4, -0.2) is 18.6 Å². The van der Waals surface area contributed by atoms with Crippen LogP contribution < -0.4 is 10.1 Å². The minimum Gasteiger partial charge on any atom is -0.491 e. The lowest BCUT2D eigenvalue weighted by Crippen LogP contribution is -2.24. The van der Waals surface area contributed by atoms with E-state index in [9.17, 15) is 4.79 Å². The van der Waals surface area contributed by atoms with E-state index in [0.29, 0.717) is 6.54 Å². The fourth-order valence-corrected chi connectivity index (χ4v) is 1.74. The normalized spacial score (nSPS) is 11.7. The van der Waals surface area contributed by atoms with E-state index in [1.54, 1.807) is 0 Å². The molecule has 102 valence electrons. The molecule has 0 bridgehead atoms. The third-order valence-corrected chi connectivity index (χ3v) is 2.57. The van der Waals surface area contributed by atoms with Gasteiger partial charge in [0.1, 0.15) is 5.75 Å². The van der Waals surface area contributed by atoms with E-state index >= 15 is 0 Å². The van der Waals surface area contributed by atoms with Gasteiger partial charge in [0.2, 0.25) is 5.91 Å². The van der Waals surface area contributed by atoms with Crippen molar-refractivity contribution in [1.82, 2.24) is 5.32 Å². The van der Waals surface area contributed by atoms with Crippen molar-refractivity contribution < 1.29 is 9.53 Å². The van der Waals surface area contributed by atoms with Crippen LogP contribution in [0, 0.1) is 11.3 Å². The molecule has 1 rings (SSSR count). The second-order valence-electron chi connectivity index (χ2n) is 4.57. The molecule has 0 fully saturated rings. The Morgan fingerprint density at radius 1 is 1.37 bits per heavy atom. The Bertz CT molecular complexity index is 446. The number of carbonyl (C=O) groups excluding carboxylic acids is 1. The highest BCUT2D eigenvalue weighted by Crippen LogP contribution is 2.22. The molecular weight excluding hydrogens is 240 g/mol. The van der Waals surface area contributed by atoms with Crippen LogP contribution in [-0.2, 0) is 4.79 Å². The van der Waals surface area contributed by atoms with Crippen LogP contribution in [0.4, 0.5) is 0 Å². The first-order chi connectivity index (χ1) is 9.06. The van der Waals surface area contributed by atoms with Crippen molar-refractivity contribution >= 4 is 5.91 Å². The van der Waals surface area contributed by atoms with Crippen molar-refractivity contribution in [2.45, 2.75) is 39.2 Å². The number of rotatable bonds is 6. The standard InChI is InChI=1S/C15H20N2O2/c1-4-17-15(18)9-13(10-16)12-5-7-14(8-6-12)19-11(2)3/h5-8,11,13H,4,9H2,1-3H3,(H,17,18). The lowest BCUT2D eigenvalue weighted by atomic mass is 9.97. The monoisotopic (exact) mass is 260 g/mol. The number of carbonyl (C=O) groups is 1. The number of nitriles is 1. The van der Waals surface area contributed by atoms with Gasteiger partial charge < -0.3 is 10.1 Å². The number of benzene rings is 1. The van der Waals surface area contributed by atoms with Crippen LogP contribution in [0.5, 0.6) is 5.75 Å². The predicted octanol–water partition coefficient (Wildman–Crippen LogP) is 2.61. The van der Waals surface area contributed by atoms with Crippen LogP contribution in [0.15, 0.2) is 24.3 Å². The highest BCUT2D eigenvalue weighted by atomic mass is 16.5. The van der Waals surface area contributed by atoms with E-state index in [-0.39, 0.29) is 18.4 Å². The first-order valence-electron chi connectivity index (χ1n) is 6.49. The summed E-state index contributed by atoms with van der Waals surface area (Å²) in [6.07, 6.45) is 0.308. The van der Waals surface area contributed by atoms with E-state index in [1.807, 2.05) is 45.0 Å². The van der Waals surface area contributed by atoms with E-state index in [0.717, 1.165) is 11.3 Å². The van der Waals surface area contributed by atoms with Crippen molar-refractivity contribution in [3.63, 3.8) is 0 Å². The molecular formula is C15H20N2O2. The van der Waals surface area contributed by atoms with Gasteiger partial charge in [0.15, 0.2) is 0 Å². The molecule has 1 N–H and O–H groups in total. The van der Waals surface area contributed by atoms with Crippen LogP contribution in [0.25, 0.3) is 0 Å². The number of nitrogens with zero attached hydrogens (tertiary/aromatic N) is 1. The van der Waals surface area contributed by atoms with E-state index in [2.05, 4.69) is 11.4 Å². The minimum absolute atomic E-state index is 0.100. The van der Waals surface area contributed by atoms with Gasteiger partial charge in [-0.25, -0.2) is 0 Å². The van der Waals surface area contributed by atoms with Gasteiger partial charge in [0.05, 0.1) is 18.1 Å². The summed E-state index contributed by atoms with van der Waals surface area (Å²) in [6, 6.07) is 9.50. The minimum atomic E-state index is -0.417. The molecule has 0 aromatic heterocycles. The van der Waals surface area contributed by atoms with E-state index < -0.39 is 5.92 Å². The zero-order valence-electron chi connectivity index (χ0n) is 11.6. The molecule has 0 aliphatic heterocycles. The maximum atomic E-state index is 11.5. The van der Waals surface area contributed by atoms with E-state index in [1.165, 1.54) is 0 Å². The Hall–Kier alpha value is -2.02. The largest absolute Gasteiger partial charge is 0.491 e. The fourth-order valence-electron chi connectivity index (χ4n) is 1.74. The molecule has 0 saturated heterocycles. The maximum Gasteiger partial charge on any atom is 0.221 e. The first kappa shape index (κ1) is 15.0. The van der Waals surface area contributed by atoms with E-state index in [4.69, 9.17) is 10.00 Å². The van der Waals surface area contributed by atoms with Gasteiger partial charge in [-0.2, -0.15) is 5.26 Å². The molecule has 1 amide bonds. The van der Waals surface area contributed by atoms with Crippen LogP contribution in [0.3, 0.4) is 0 Å². The fraction of sp³-hybridized carbons (Fsp3) is 0.467. The summed E-state index contributed by atoms with van der Waals surface area (Å²) in [7, 11) is 0. The lowest BCUT2D eigenvalue weighted by molar-refractivity contribution is -0.121. The second kappa shape index (κ2) is 7.42. The van der Waals surface area contributed by atoms with Crippen LogP contribution in [0.1, 0.15) is 38.7 Å². The molecule has 0 spiro atoms. The van der Waals surface area contributed by atoms with Crippen molar-refractivity contribution in [2.75, 3.05) is 6.54 Å². The molecule has 1 aromatic carbocycles. The van der Waals surface area contributed by atoms with Crippen molar-refractivity contribution in [3.8, 4) is 11.8 Å². The number of amides is 1. The lowest BCUT2D eigenvalue weighted by Gasteiger charge is -2.12. The van der Waals surface area contributed by atoms with Gasteiger partial charge in [-0.3, -0.25) is 4.79 Å². The first-order valence-corrected chi connectivity index (χ1v) is 6.49.